The highest BCUT2D eigenvalue weighted by atomic mass is 79.9. The molecular weight excluding hydrogens is 312 g/mol. The fourth-order valence-corrected chi connectivity index (χ4v) is 3.39. The van der Waals surface area contributed by atoms with Gasteiger partial charge >= 0.3 is 0 Å². The molecule has 0 spiro atoms. The van der Waals surface area contributed by atoms with Gasteiger partial charge in [0.05, 0.1) is 0 Å². The standard InChI is InChI=1S/C17H19BrN2/c1-12-4-7-17-13(9-12)3-2-8-20(17)15-6-5-14(11-19)16(18)10-15/h4-7,9-10H,2-3,8,11,19H2,1H3. The maximum atomic E-state index is 5.73. The number of hydrogen-bond donors (Lipinski definition) is 1. The molecule has 0 aliphatic carbocycles. The average molecular weight is 331 g/mol. The van der Waals surface area contributed by atoms with Gasteiger partial charge in [0, 0.05) is 28.9 Å². The molecule has 104 valence electrons. The van der Waals surface area contributed by atoms with Crippen LogP contribution >= 0.6 is 15.9 Å². The topological polar surface area (TPSA) is 29.3 Å². The Bertz CT molecular complexity index is 637. The molecule has 1 aliphatic heterocycles. The number of hydrogen-bond acceptors (Lipinski definition) is 2. The summed E-state index contributed by atoms with van der Waals surface area (Å²) in [6.07, 6.45) is 2.38. The summed E-state index contributed by atoms with van der Waals surface area (Å²) in [6.45, 7) is 3.80. The largest absolute Gasteiger partial charge is 0.341 e. The van der Waals surface area contributed by atoms with E-state index in [0.29, 0.717) is 6.54 Å². The molecule has 2 aromatic rings. The minimum absolute atomic E-state index is 0.566. The van der Waals surface area contributed by atoms with Crippen LogP contribution in [-0.4, -0.2) is 6.54 Å². The third-order valence-corrected chi connectivity index (χ3v) is 4.66. The highest BCUT2D eigenvalue weighted by molar-refractivity contribution is 9.10. The zero-order valence-corrected chi connectivity index (χ0v) is 13.3. The lowest BCUT2D eigenvalue weighted by Crippen LogP contribution is -2.24. The van der Waals surface area contributed by atoms with Crippen LogP contribution in [0.25, 0.3) is 0 Å². The van der Waals surface area contributed by atoms with Crippen molar-refractivity contribution in [3.63, 3.8) is 0 Å². The Labute approximate surface area is 128 Å². The molecule has 0 unspecified atom stereocenters. The van der Waals surface area contributed by atoms with Crippen LogP contribution in [0.3, 0.4) is 0 Å². The second-order valence-electron chi connectivity index (χ2n) is 5.37. The Morgan fingerprint density at radius 1 is 1.20 bits per heavy atom. The van der Waals surface area contributed by atoms with Crippen LogP contribution in [0.5, 0.6) is 0 Å². The Balaban J connectivity index is 2.02. The molecule has 3 rings (SSSR count). The molecule has 0 atom stereocenters. The molecule has 20 heavy (non-hydrogen) atoms. The van der Waals surface area contributed by atoms with Crippen molar-refractivity contribution < 1.29 is 0 Å². The first-order chi connectivity index (χ1) is 9.69. The third-order valence-electron chi connectivity index (χ3n) is 3.92. The smallest absolute Gasteiger partial charge is 0.0443 e. The van der Waals surface area contributed by atoms with E-state index in [1.807, 2.05) is 0 Å². The van der Waals surface area contributed by atoms with Crippen LogP contribution in [0.1, 0.15) is 23.1 Å². The molecular formula is C17H19BrN2. The van der Waals surface area contributed by atoms with Crippen molar-refractivity contribution in [2.24, 2.45) is 5.73 Å². The van der Waals surface area contributed by atoms with Gasteiger partial charge in [-0.25, -0.2) is 0 Å². The van der Waals surface area contributed by atoms with Crippen molar-refractivity contribution >= 4 is 27.3 Å². The molecule has 0 saturated carbocycles. The van der Waals surface area contributed by atoms with Crippen molar-refractivity contribution in [3.8, 4) is 0 Å². The first-order valence-corrected chi connectivity index (χ1v) is 7.84. The van der Waals surface area contributed by atoms with Crippen molar-refractivity contribution in [2.75, 3.05) is 11.4 Å². The highest BCUT2D eigenvalue weighted by Crippen LogP contribution is 2.35. The molecule has 0 amide bonds. The Morgan fingerprint density at radius 3 is 2.80 bits per heavy atom. The lowest BCUT2D eigenvalue weighted by molar-refractivity contribution is 0.765. The third kappa shape index (κ3) is 2.48. The summed E-state index contributed by atoms with van der Waals surface area (Å²) in [5.41, 5.74) is 12.2. The molecule has 3 heteroatoms. The molecule has 0 saturated heterocycles. The molecule has 0 radical (unpaired) electrons. The monoisotopic (exact) mass is 330 g/mol. The first-order valence-electron chi connectivity index (χ1n) is 7.04. The van der Waals surface area contributed by atoms with Gasteiger partial charge in [-0.2, -0.15) is 0 Å². The van der Waals surface area contributed by atoms with Gasteiger partial charge in [0.25, 0.3) is 0 Å². The van der Waals surface area contributed by atoms with Crippen LogP contribution in [0.15, 0.2) is 40.9 Å². The number of rotatable bonds is 2. The molecule has 1 heterocycles. The predicted molar refractivity (Wildman–Crippen MR) is 88.5 cm³/mol. The molecule has 0 fully saturated rings. The summed E-state index contributed by atoms with van der Waals surface area (Å²) in [5, 5.41) is 0. The van der Waals surface area contributed by atoms with Gasteiger partial charge in [-0.1, -0.05) is 39.7 Å². The number of fused-ring (bicyclic) bond motifs is 1. The second kappa shape index (κ2) is 5.58. The number of anilines is 2. The van der Waals surface area contributed by atoms with Gasteiger partial charge in [0.1, 0.15) is 0 Å². The number of nitrogens with two attached hydrogens (primary N) is 1. The summed E-state index contributed by atoms with van der Waals surface area (Å²) in [7, 11) is 0. The summed E-state index contributed by atoms with van der Waals surface area (Å²) in [6, 6.07) is 13.2. The van der Waals surface area contributed by atoms with Crippen LogP contribution in [0, 0.1) is 6.92 Å². The SMILES string of the molecule is Cc1ccc2c(c1)CCCN2c1ccc(CN)c(Br)c1. The molecule has 2 nitrogen and oxygen atoms in total. The lowest BCUT2D eigenvalue weighted by atomic mass is 9.99. The van der Waals surface area contributed by atoms with Crippen molar-refractivity contribution in [1.29, 1.82) is 0 Å². The van der Waals surface area contributed by atoms with Gasteiger partial charge in [-0.15, -0.1) is 0 Å². The van der Waals surface area contributed by atoms with Gasteiger partial charge in [-0.3, -0.25) is 0 Å². The van der Waals surface area contributed by atoms with Crippen LogP contribution in [0.2, 0.25) is 0 Å². The number of aryl methyl sites for hydroxylation is 2. The van der Waals surface area contributed by atoms with Gasteiger partial charge in [-0.05, 0) is 49.1 Å². The number of benzene rings is 2. The average Bonchev–Trinajstić information content (AvgIpc) is 2.46. The minimum atomic E-state index is 0.566. The van der Waals surface area contributed by atoms with E-state index < -0.39 is 0 Å². The second-order valence-corrected chi connectivity index (χ2v) is 6.22. The van der Waals surface area contributed by atoms with Crippen LogP contribution in [-0.2, 0) is 13.0 Å². The van der Waals surface area contributed by atoms with Crippen molar-refractivity contribution in [1.82, 2.24) is 0 Å². The predicted octanol–water partition coefficient (Wildman–Crippen LogP) is 4.30. The highest BCUT2D eigenvalue weighted by Gasteiger charge is 2.18. The Hall–Kier alpha value is -1.32. The quantitative estimate of drug-likeness (QED) is 0.889. The summed E-state index contributed by atoms with van der Waals surface area (Å²) < 4.78 is 1.09. The molecule has 2 N–H and O–H groups in total. The minimum Gasteiger partial charge on any atom is -0.341 e. The fourth-order valence-electron chi connectivity index (χ4n) is 2.86. The van der Waals surface area contributed by atoms with E-state index in [1.165, 1.54) is 35.3 Å². The van der Waals surface area contributed by atoms with E-state index in [1.54, 1.807) is 0 Å². The zero-order chi connectivity index (χ0) is 14.1. The van der Waals surface area contributed by atoms with Crippen molar-refractivity contribution in [2.45, 2.75) is 26.3 Å². The number of nitrogens with zero attached hydrogens (tertiary/aromatic N) is 1. The van der Waals surface area contributed by atoms with Gasteiger partial charge in [0.15, 0.2) is 0 Å². The Morgan fingerprint density at radius 2 is 2.05 bits per heavy atom. The fraction of sp³-hybridized carbons (Fsp3) is 0.294. The van der Waals surface area contributed by atoms with E-state index in [4.69, 9.17) is 5.73 Å². The van der Waals surface area contributed by atoms with E-state index in [-0.39, 0.29) is 0 Å². The van der Waals surface area contributed by atoms with Gasteiger partial charge in [0.2, 0.25) is 0 Å². The maximum Gasteiger partial charge on any atom is 0.0443 e. The van der Waals surface area contributed by atoms with Crippen molar-refractivity contribution in [3.05, 3.63) is 57.6 Å². The summed E-state index contributed by atoms with van der Waals surface area (Å²) in [4.78, 5) is 2.41. The molecule has 2 aromatic carbocycles. The summed E-state index contributed by atoms with van der Waals surface area (Å²) >= 11 is 3.62. The first kappa shape index (κ1) is 13.7. The number of halogens is 1. The van der Waals surface area contributed by atoms with E-state index >= 15 is 0 Å². The van der Waals surface area contributed by atoms with Crippen LogP contribution in [0.4, 0.5) is 11.4 Å². The zero-order valence-electron chi connectivity index (χ0n) is 11.7. The Kier molecular flexibility index (Phi) is 3.81. The maximum absolute atomic E-state index is 5.73. The van der Waals surface area contributed by atoms with E-state index in [2.05, 4.69) is 64.2 Å². The van der Waals surface area contributed by atoms with Gasteiger partial charge < -0.3 is 10.6 Å². The normalized spacial score (nSPS) is 14.2. The molecule has 0 bridgehead atoms. The summed E-state index contributed by atoms with van der Waals surface area (Å²) in [5.74, 6) is 0. The van der Waals surface area contributed by atoms with E-state index in [0.717, 1.165) is 16.6 Å². The molecule has 0 aromatic heterocycles. The lowest BCUT2D eigenvalue weighted by Gasteiger charge is -2.32. The van der Waals surface area contributed by atoms with E-state index in [9.17, 15) is 0 Å². The van der Waals surface area contributed by atoms with Crippen LogP contribution < -0.4 is 10.6 Å². The molecule has 1 aliphatic rings.